The molecule has 0 heterocycles. The number of ether oxygens (including phenoxy) is 2. The van der Waals surface area contributed by atoms with Crippen molar-refractivity contribution in [2.45, 2.75) is 31.3 Å². The van der Waals surface area contributed by atoms with Gasteiger partial charge in [0.1, 0.15) is 0 Å². The summed E-state index contributed by atoms with van der Waals surface area (Å²) in [7, 11) is 3.28. The Kier molecular flexibility index (Phi) is 6.37. The highest BCUT2D eigenvalue weighted by atomic mass is 16.5. The summed E-state index contributed by atoms with van der Waals surface area (Å²) in [6.07, 6.45) is 0.891. The zero-order chi connectivity index (χ0) is 20.0. The molecule has 0 saturated heterocycles. The second kappa shape index (κ2) is 8.94. The molecule has 28 heavy (non-hydrogen) atoms. The van der Waals surface area contributed by atoms with Crippen LogP contribution < -0.4 is 9.47 Å². The second-order valence-corrected chi connectivity index (χ2v) is 6.89. The van der Waals surface area contributed by atoms with E-state index in [1.807, 2.05) is 54.6 Å². The Labute approximate surface area is 167 Å². The number of para-hydroxylation sites is 1. The Morgan fingerprint density at radius 1 is 0.786 bits per heavy atom. The zero-order valence-corrected chi connectivity index (χ0v) is 16.8. The normalized spacial score (nSPS) is 12.4. The van der Waals surface area contributed by atoms with Gasteiger partial charge >= 0.3 is 0 Å². The van der Waals surface area contributed by atoms with E-state index in [4.69, 9.17) is 9.47 Å². The highest BCUT2D eigenvalue weighted by molar-refractivity contribution is 5.60. The summed E-state index contributed by atoms with van der Waals surface area (Å²) in [5.74, 6) is 1.30. The maximum Gasteiger partial charge on any atom is 0.165 e. The second-order valence-electron chi connectivity index (χ2n) is 6.89. The van der Waals surface area contributed by atoms with Crippen LogP contribution in [0.2, 0.25) is 0 Å². The molecule has 0 spiro atoms. The minimum Gasteiger partial charge on any atom is -0.493 e. The van der Waals surface area contributed by atoms with Gasteiger partial charge in [0, 0.05) is 5.56 Å². The first kappa shape index (κ1) is 20.0. The van der Waals surface area contributed by atoms with Crippen LogP contribution in [0.15, 0.2) is 78.9 Å². The van der Waals surface area contributed by atoms with E-state index in [0.717, 1.165) is 23.1 Å². The van der Waals surface area contributed by atoms with Gasteiger partial charge in [-0.1, -0.05) is 86.1 Å². The summed E-state index contributed by atoms with van der Waals surface area (Å²) in [6, 6.07) is 26.2. The van der Waals surface area contributed by atoms with Crippen LogP contribution in [0.5, 0.6) is 11.5 Å². The molecule has 3 rings (SSSR count). The van der Waals surface area contributed by atoms with Gasteiger partial charge < -0.3 is 14.6 Å². The minimum absolute atomic E-state index is 0.636. The fraction of sp³-hybridized carbons (Fsp3) is 0.280. The van der Waals surface area contributed by atoms with Crippen molar-refractivity contribution >= 4 is 0 Å². The molecular weight excluding hydrogens is 348 g/mol. The van der Waals surface area contributed by atoms with Crippen molar-refractivity contribution < 1.29 is 14.6 Å². The highest BCUT2D eigenvalue weighted by Gasteiger charge is 2.45. The Hall–Kier alpha value is -2.78. The van der Waals surface area contributed by atoms with Crippen molar-refractivity contribution in [3.63, 3.8) is 0 Å². The van der Waals surface area contributed by atoms with Gasteiger partial charge in [-0.2, -0.15) is 0 Å². The van der Waals surface area contributed by atoms with E-state index in [1.165, 1.54) is 0 Å². The van der Waals surface area contributed by atoms with E-state index in [1.54, 1.807) is 14.2 Å². The third-order valence-electron chi connectivity index (χ3n) is 5.35. The third kappa shape index (κ3) is 3.38. The first-order valence-corrected chi connectivity index (χ1v) is 9.70. The highest BCUT2D eigenvalue weighted by Crippen LogP contribution is 2.49. The van der Waals surface area contributed by atoms with Gasteiger partial charge in [-0.3, -0.25) is 0 Å². The summed E-state index contributed by atoms with van der Waals surface area (Å²) in [4.78, 5) is 0. The van der Waals surface area contributed by atoms with Crippen molar-refractivity contribution in [2.24, 2.45) is 0 Å². The van der Waals surface area contributed by atoms with Crippen LogP contribution in [-0.4, -0.2) is 25.4 Å². The maximum absolute atomic E-state index is 11.6. The van der Waals surface area contributed by atoms with Crippen LogP contribution in [0.4, 0.5) is 0 Å². The smallest absolute Gasteiger partial charge is 0.165 e. The summed E-state index contributed by atoms with van der Waals surface area (Å²) >= 11 is 0. The number of methoxy groups -OCH3 is 2. The summed E-state index contributed by atoms with van der Waals surface area (Å²) in [6.45, 7) is 2.09. The molecule has 0 aliphatic rings. The SMILES string of the molecule is CCCC(O)C(c1ccccc1)(c1ccccc1)c1cccc(OC)c1OC. The summed E-state index contributed by atoms with van der Waals surface area (Å²) < 4.78 is 11.4. The molecule has 0 aliphatic heterocycles. The van der Waals surface area contributed by atoms with Gasteiger partial charge in [0.25, 0.3) is 0 Å². The van der Waals surface area contributed by atoms with Gasteiger partial charge in [0.15, 0.2) is 11.5 Å². The average Bonchev–Trinajstić information content (AvgIpc) is 2.76. The van der Waals surface area contributed by atoms with Crippen molar-refractivity contribution in [1.82, 2.24) is 0 Å². The molecular formula is C25H28O3. The lowest BCUT2D eigenvalue weighted by Gasteiger charge is -2.41. The first-order chi connectivity index (χ1) is 13.7. The number of benzene rings is 3. The first-order valence-electron chi connectivity index (χ1n) is 9.70. The Bertz CT molecular complexity index is 835. The summed E-state index contributed by atoms with van der Waals surface area (Å²) in [5.41, 5.74) is 2.16. The quantitative estimate of drug-likeness (QED) is 0.549. The summed E-state index contributed by atoms with van der Waals surface area (Å²) in [5, 5.41) is 11.6. The van der Waals surface area contributed by atoms with Gasteiger partial charge in [0.2, 0.25) is 0 Å². The number of hydrogen-bond acceptors (Lipinski definition) is 3. The molecule has 1 N–H and O–H groups in total. The predicted molar refractivity (Wildman–Crippen MR) is 113 cm³/mol. The topological polar surface area (TPSA) is 38.7 Å². The van der Waals surface area contributed by atoms with Gasteiger partial charge in [-0.05, 0) is 23.6 Å². The fourth-order valence-corrected chi connectivity index (χ4v) is 4.13. The van der Waals surface area contributed by atoms with Crippen LogP contribution in [0, 0.1) is 0 Å². The molecule has 3 heteroatoms. The largest absolute Gasteiger partial charge is 0.493 e. The molecule has 0 amide bonds. The lowest BCUT2D eigenvalue weighted by atomic mass is 9.64. The van der Waals surface area contributed by atoms with Crippen molar-refractivity contribution in [3.8, 4) is 11.5 Å². The molecule has 0 saturated carbocycles. The molecule has 3 aromatic rings. The van der Waals surface area contributed by atoms with E-state index in [-0.39, 0.29) is 0 Å². The van der Waals surface area contributed by atoms with Gasteiger partial charge in [-0.25, -0.2) is 0 Å². The molecule has 0 aromatic heterocycles. The lowest BCUT2D eigenvalue weighted by Crippen LogP contribution is -2.42. The molecule has 0 radical (unpaired) electrons. The Morgan fingerprint density at radius 3 is 1.82 bits per heavy atom. The standard InChI is InChI=1S/C25H28O3/c1-4-12-23(26)25(19-13-7-5-8-14-19,20-15-9-6-10-16-20)21-17-11-18-22(27-2)24(21)28-3/h5-11,13-18,23,26H,4,12H2,1-3H3. The van der Waals surface area contributed by atoms with E-state index in [2.05, 4.69) is 31.2 Å². The van der Waals surface area contributed by atoms with Crippen LogP contribution in [0.1, 0.15) is 36.5 Å². The lowest BCUT2D eigenvalue weighted by molar-refractivity contribution is 0.109. The molecule has 1 unspecified atom stereocenters. The van der Waals surface area contributed by atoms with E-state index in [9.17, 15) is 5.11 Å². The average molecular weight is 376 g/mol. The molecule has 0 bridgehead atoms. The zero-order valence-electron chi connectivity index (χ0n) is 16.8. The minimum atomic E-state index is -0.779. The molecule has 146 valence electrons. The fourth-order valence-electron chi connectivity index (χ4n) is 4.13. The number of rotatable bonds is 8. The van der Waals surface area contributed by atoms with Crippen LogP contribution in [-0.2, 0) is 5.41 Å². The number of hydrogen-bond donors (Lipinski definition) is 1. The Balaban J connectivity index is 2.44. The molecule has 3 aromatic carbocycles. The van der Waals surface area contributed by atoms with Crippen LogP contribution in [0.3, 0.4) is 0 Å². The number of aliphatic hydroxyl groups is 1. The Morgan fingerprint density at radius 2 is 1.36 bits per heavy atom. The van der Waals surface area contributed by atoms with E-state index >= 15 is 0 Å². The van der Waals surface area contributed by atoms with Gasteiger partial charge in [-0.15, -0.1) is 0 Å². The third-order valence-corrected chi connectivity index (χ3v) is 5.35. The van der Waals surface area contributed by atoms with E-state index in [0.29, 0.717) is 17.9 Å². The molecule has 0 fully saturated rings. The van der Waals surface area contributed by atoms with Crippen LogP contribution in [0.25, 0.3) is 0 Å². The monoisotopic (exact) mass is 376 g/mol. The maximum atomic E-state index is 11.6. The number of aliphatic hydroxyl groups excluding tert-OH is 1. The van der Waals surface area contributed by atoms with Crippen molar-refractivity contribution in [1.29, 1.82) is 0 Å². The molecule has 3 nitrogen and oxygen atoms in total. The van der Waals surface area contributed by atoms with Crippen molar-refractivity contribution in [3.05, 3.63) is 95.6 Å². The van der Waals surface area contributed by atoms with Gasteiger partial charge in [0.05, 0.1) is 25.7 Å². The molecule has 1 atom stereocenters. The predicted octanol–water partition coefficient (Wildman–Crippen LogP) is 5.20. The van der Waals surface area contributed by atoms with Crippen LogP contribution >= 0.6 is 0 Å². The molecule has 0 aliphatic carbocycles. The van der Waals surface area contributed by atoms with E-state index < -0.39 is 11.5 Å². The van der Waals surface area contributed by atoms with Crippen molar-refractivity contribution in [2.75, 3.05) is 14.2 Å².